The number of aromatic nitrogens is 2. The van der Waals surface area contributed by atoms with Crippen molar-refractivity contribution in [1.29, 1.82) is 5.26 Å². The lowest BCUT2D eigenvalue weighted by molar-refractivity contribution is 1.01. The lowest BCUT2D eigenvalue weighted by atomic mass is 10.1. The first-order valence-corrected chi connectivity index (χ1v) is 5.94. The first-order chi connectivity index (χ1) is 9.10. The van der Waals surface area contributed by atoms with E-state index >= 15 is 0 Å². The fourth-order valence-corrected chi connectivity index (χ4v) is 1.71. The average molecular weight is 253 g/mol. The van der Waals surface area contributed by atoms with Crippen LogP contribution in [0.5, 0.6) is 0 Å². The second-order valence-electron chi connectivity index (χ2n) is 4.29. The summed E-state index contributed by atoms with van der Waals surface area (Å²) in [6, 6.07) is 9.51. The van der Waals surface area contributed by atoms with Gasteiger partial charge in [-0.1, -0.05) is 12.1 Å². The van der Waals surface area contributed by atoms with Crippen LogP contribution in [0.4, 0.5) is 11.6 Å². The zero-order chi connectivity index (χ0) is 13.8. The smallest absolute Gasteiger partial charge is 0.135 e. The standard InChI is InChI=1S/C14H15N5/c1-9-13(16)18-10(2)19-14(9)17-8-12-5-3-11(7-15)4-6-12/h3-6H,8H2,1-2H3,(H3,16,17,18,19). The molecule has 96 valence electrons. The van der Waals surface area contributed by atoms with Crippen molar-refractivity contribution in [2.45, 2.75) is 20.4 Å². The molecule has 0 unspecified atom stereocenters. The molecule has 5 heteroatoms. The van der Waals surface area contributed by atoms with Crippen molar-refractivity contribution in [3.63, 3.8) is 0 Å². The van der Waals surface area contributed by atoms with Crippen LogP contribution in [0.1, 0.15) is 22.5 Å². The second-order valence-corrected chi connectivity index (χ2v) is 4.29. The molecule has 0 aliphatic rings. The molecule has 0 bridgehead atoms. The predicted octanol–water partition coefficient (Wildman–Crippen LogP) is 2.16. The molecule has 1 aromatic carbocycles. The Morgan fingerprint density at radius 1 is 1.21 bits per heavy atom. The van der Waals surface area contributed by atoms with E-state index in [0.29, 0.717) is 23.8 Å². The highest BCUT2D eigenvalue weighted by atomic mass is 15.0. The highest BCUT2D eigenvalue weighted by Gasteiger charge is 2.06. The van der Waals surface area contributed by atoms with E-state index < -0.39 is 0 Å². The molecule has 0 aliphatic carbocycles. The molecule has 19 heavy (non-hydrogen) atoms. The van der Waals surface area contributed by atoms with Crippen LogP contribution < -0.4 is 11.1 Å². The predicted molar refractivity (Wildman–Crippen MR) is 74.4 cm³/mol. The van der Waals surface area contributed by atoms with Crippen molar-refractivity contribution in [2.75, 3.05) is 11.1 Å². The Hall–Kier alpha value is -2.61. The summed E-state index contributed by atoms with van der Waals surface area (Å²) in [6.45, 7) is 4.32. The van der Waals surface area contributed by atoms with Crippen LogP contribution in [-0.2, 0) is 6.54 Å². The summed E-state index contributed by atoms with van der Waals surface area (Å²) in [7, 11) is 0. The molecule has 2 rings (SSSR count). The van der Waals surface area contributed by atoms with E-state index in [1.165, 1.54) is 0 Å². The van der Waals surface area contributed by atoms with E-state index in [-0.39, 0.29) is 0 Å². The lowest BCUT2D eigenvalue weighted by Gasteiger charge is -2.10. The van der Waals surface area contributed by atoms with Gasteiger partial charge >= 0.3 is 0 Å². The van der Waals surface area contributed by atoms with Gasteiger partial charge < -0.3 is 11.1 Å². The maximum absolute atomic E-state index is 8.74. The number of nitrogens with one attached hydrogen (secondary N) is 1. The van der Waals surface area contributed by atoms with Crippen LogP contribution in [0.15, 0.2) is 24.3 Å². The molecule has 0 atom stereocenters. The third kappa shape index (κ3) is 2.99. The molecule has 3 N–H and O–H groups in total. The van der Waals surface area contributed by atoms with E-state index in [1.54, 1.807) is 12.1 Å². The Labute approximate surface area is 112 Å². The SMILES string of the molecule is Cc1nc(N)c(C)c(NCc2ccc(C#N)cc2)n1. The number of hydrogen-bond donors (Lipinski definition) is 2. The quantitative estimate of drug-likeness (QED) is 0.875. The summed E-state index contributed by atoms with van der Waals surface area (Å²) in [4.78, 5) is 8.43. The molecule has 1 heterocycles. The van der Waals surface area contributed by atoms with Gasteiger partial charge in [-0.15, -0.1) is 0 Å². The highest BCUT2D eigenvalue weighted by molar-refractivity contribution is 5.54. The van der Waals surface area contributed by atoms with Gasteiger partial charge in [0.05, 0.1) is 11.6 Å². The topological polar surface area (TPSA) is 87.6 Å². The Morgan fingerprint density at radius 3 is 2.53 bits per heavy atom. The number of benzene rings is 1. The van der Waals surface area contributed by atoms with Gasteiger partial charge in [0, 0.05) is 12.1 Å². The maximum atomic E-state index is 8.74. The summed E-state index contributed by atoms with van der Waals surface area (Å²) >= 11 is 0. The molecule has 2 aromatic rings. The molecule has 1 aromatic heterocycles. The maximum Gasteiger partial charge on any atom is 0.135 e. The second kappa shape index (κ2) is 5.36. The van der Waals surface area contributed by atoms with Crippen molar-refractivity contribution in [2.24, 2.45) is 0 Å². The third-order valence-corrected chi connectivity index (χ3v) is 2.84. The van der Waals surface area contributed by atoms with Gasteiger partial charge in [0.25, 0.3) is 0 Å². The molecule has 0 saturated carbocycles. The van der Waals surface area contributed by atoms with Gasteiger partial charge in [-0.3, -0.25) is 0 Å². The van der Waals surface area contributed by atoms with Crippen LogP contribution >= 0.6 is 0 Å². The van der Waals surface area contributed by atoms with Gasteiger partial charge in [-0.05, 0) is 31.5 Å². The van der Waals surface area contributed by atoms with Crippen molar-refractivity contribution in [1.82, 2.24) is 9.97 Å². The number of nitrogens with two attached hydrogens (primary N) is 1. The number of nitrogens with zero attached hydrogens (tertiary/aromatic N) is 3. The Kier molecular flexibility index (Phi) is 3.62. The van der Waals surface area contributed by atoms with E-state index in [9.17, 15) is 0 Å². The Balaban J connectivity index is 2.12. The summed E-state index contributed by atoms with van der Waals surface area (Å²) < 4.78 is 0. The molecular formula is C14H15N5. The number of nitriles is 1. The number of rotatable bonds is 3. The minimum Gasteiger partial charge on any atom is -0.383 e. The minimum atomic E-state index is 0.495. The summed E-state index contributed by atoms with van der Waals surface area (Å²) in [5, 5.41) is 12.0. The molecule has 0 radical (unpaired) electrons. The number of aryl methyl sites for hydroxylation is 1. The Bertz CT molecular complexity index is 626. The largest absolute Gasteiger partial charge is 0.383 e. The van der Waals surface area contributed by atoms with Crippen LogP contribution in [0.25, 0.3) is 0 Å². The molecular weight excluding hydrogens is 238 g/mol. The van der Waals surface area contributed by atoms with Crippen molar-refractivity contribution >= 4 is 11.6 Å². The van der Waals surface area contributed by atoms with E-state index in [4.69, 9.17) is 11.0 Å². The zero-order valence-corrected chi connectivity index (χ0v) is 10.9. The van der Waals surface area contributed by atoms with Gasteiger partial charge in [0.2, 0.25) is 0 Å². The van der Waals surface area contributed by atoms with Gasteiger partial charge in [0.1, 0.15) is 17.5 Å². The van der Waals surface area contributed by atoms with Gasteiger partial charge in [-0.2, -0.15) is 5.26 Å². The number of nitrogen functional groups attached to an aromatic ring is 1. The molecule has 0 amide bonds. The highest BCUT2D eigenvalue weighted by Crippen LogP contribution is 2.17. The van der Waals surface area contributed by atoms with E-state index in [2.05, 4.69) is 21.4 Å². The first kappa shape index (κ1) is 12.8. The van der Waals surface area contributed by atoms with Crippen LogP contribution in [0.3, 0.4) is 0 Å². The van der Waals surface area contributed by atoms with Crippen molar-refractivity contribution < 1.29 is 0 Å². The average Bonchev–Trinajstić information content (AvgIpc) is 2.41. The molecule has 5 nitrogen and oxygen atoms in total. The summed E-state index contributed by atoms with van der Waals surface area (Å²) in [6.07, 6.45) is 0. The minimum absolute atomic E-state index is 0.495. The van der Waals surface area contributed by atoms with Gasteiger partial charge in [0.15, 0.2) is 0 Å². The fraction of sp³-hybridized carbons (Fsp3) is 0.214. The van der Waals surface area contributed by atoms with Crippen LogP contribution in [0, 0.1) is 25.2 Å². The molecule has 0 saturated heterocycles. The third-order valence-electron chi connectivity index (χ3n) is 2.84. The van der Waals surface area contributed by atoms with Gasteiger partial charge in [-0.25, -0.2) is 9.97 Å². The van der Waals surface area contributed by atoms with Crippen molar-refractivity contribution in [3.05, 3.63) is 46.8 Å². The number of hydrogen-bond acceptors (Lipinski definition) is 5. The van der Waals surface area contributed by atoms with E-state index in [1.807, 2.05) is 26.0 Å². The van der Waals surface area contributed by atoms with Crippen LogP contribution in [0.2, 0.25) is 0 Å². The van der Waals surface area contributed by atoms with E-state index in [0.717, 1.165) is 16.9 Å². The lowest BCUT2D eigenvalue weighted by Crippen LogP contribution is -2.08. The number of anilines is 2. The van der Waals surface area contributed by atoms with Crippen molar-refractivity contribution in [3.8, 4) is 6.07 Å². The van der Waals surface area contributed by atoms with Crippen LogP contribution in [-0.4, -0.2) is 9.97 Å². The first-order valence-electron chi connectivity index (χ1n) is 5.94. The monoisotopic (exact) mass is 253 g/mol. The summed E-state index contributed by atoms with van der Waals surface area (Å²) in [5.41, 5.74) is 8.38. The zero-order valence-electron chi connectivity index (χ0n) is 10.9. The molecule has 0 fully saturated rings. The fourth-order valence-electron chi connectivity index (χ4n) is 1.71. The summed E-state index contributed by atoms with van der Waals surface area (Å²) in [5.74, 6) is 1.88. The Morgan fingerprint density at radius 2 is 1.89 bits per heavy atom. The molecule has 0 spiro atoms. The molecule has 0 aliphatic heterocycles. The normalized spacial score (nSPS) is 9.95.